The van der Waals surface area contributed by atoms with Crippen LogP contribution in [0.5, 0.6) is 0 Å². The summed E-state index contributed by atoms with van der Waals surface area (Å²) in [4.78, 5) is 12.3. The minimum atomic E-state index is 0.186. The SMILES string of the molecule is O=C(c1cccc(I)c1)C1CC1c1ccccc1. The van der Waals surface area contributed by atoms with Crippen molar-refractivity contribution < 1.29 is 4.79 Å². The van der Waals surface area contributed by atoms with Gasteiger partial charge in [0, 0.05) is 15.1 Å². The van der Waals surface area contributed by atoms with E-state index in [0.717, 1.165) is 15.6 Å². The van der Waals surface area contributed by atoms with Gasteiger partial charge >= 0.3 is 0 Å². The van der Waals surface area contributed by atoms with E-state index >= 15 is 0 Å². The Morgan fingerprint density at radius 2 is 1.83 bits per heavy atom. The summed E-state index contributed by atoms with van der Waals surface area (Å²) in [5.41, 5.74) is 2.15. The zero-order valence-electron chi connectivity index (χ0n) is 9.84. The fraction of sp³-hybridized carbons (Fsp3) is 0.188. The third-order valence-corrected chi connectivity index (χ3v) is 4.14. The maximum absolute atomic E-state index is 12.3. The molecule has 2 aromatic carbocycles. The molecule has 90 valence electrons. The van der Waals surface area contributed by atoms with Gasteiger partial charge in [0.2, 0.25) is 0 Å². The Morgan fingerprint density at radius 3 is 2.56 bits per heavy atom. The Kier molecular flexibility index (Phi) is 3.20. The number of carbonyl (C=O) groups is 1. The van der Waals surface area contributed by atoms with Crippen LogP contribution in [0.2, 0.25) is 0 Å². The van der Waals surface area contributed by atoms with Gasteiger partial charge in [-0.2, -0.15) is 0 Å². The van der Waals surface area contributed by atoms with Crippen LogP contribution >= 0.6 is 22.6 Å². The van der Waals surface area contributed by atoms with E-state index in [9.17, 15) is 4.79 Å². The summed E-state index contributed by atoms with van der Waals surface area (Å²) in [7, 11) is 0. The lowest BCUT2D eigenvalue weighted by Gasteiger charge is -2.01. The molecule has 2 aromatic rings. The highest BCUT2D eigenvalue weighted by atomic mass is 127. The van der Waals surface area contributed by atoms with E-state index in [0.29, 0.717) is 11.7 Å². The van der Waals surface area contributed by atoms with Crippen molar-refractivity contribution in [3.8, 4) is 0 Å². The third-order valence-electron chi connectivity index (χ3n) is 3.46. The van der Waals surface area contributed by atoms with Gasteiger partial charge in [-0.05, 0) is 52.6 Å². The Morgan fingerprint density at radius 1 is 1.06 bits per heavy atom. The van der Waals surface area contributed by atoms with Crippen molar-refractivity contribution >= 4 is 28.4 Å². The molecule has 1 saturated carbocycles. The summed E-state index contributed by atoms with van der Waals surface area (Å²) in [6.07, 6.45) is 0.994. The quantitative estimate of drug-likeness (QED) is 0.598. The number of Topliss-reactive ketones (excluding diaryl/α,β-unsaturated/α-hetero) is 1. The lowest BCUT2D eigenvalue weighted by molar-refractivity contribution is 0.0965. The average Bonchev–Trinajstić information content (AvgIpc) is 3.19. The first-order chi connectivity index (χ1) is 8.75. The second kappa shape index (κ2) is 4.84. The maximum Gasteiger partial charge on any atom is 0.166 e. The molecule has 1 aliphatic rings. The molecule has 0 bridgehead atoms. The first-order valence-electron chi connectivity index (χ1n) is 6.10. The predicted molar refractivity (Wildman–Crippen MR) is 80.8 cm³/mol. The number of hydrogen-bond acceptors (Lipinski definition) is 1. The van der Waals surface area contributed by atoms with Crippen LogP contribution in [0.4, 0.5) is 0 Å². The van der Waals surface area contributed by atoms with Crippen molar-refractivity contribution in [1.29, 1.82) is 0 Å². The molecule has 2 heteroatoms. The lowest BCUT2D eigenvalue weighted by Crippen LogP contribution is -2.03. The smallest absolute Gasteiger partial charge is 0.166 e. The average molecular weight is 348 g/mol. The largest absolute Gasteiger partial charge is 0.294 e. The number of benzene rings is 2. The summed E-state index contributed by atoms with van der Waals surface area (Å²) in [6.45, 7) is 0. The molecule has 18 heavy (non-hydrogen) atoms. The second-order valence-electron chi connectivity index (χ2n) is 4.73. The number of carbonyl (C=O) groups excluding carboxylic acids is 1. The molecule has 0 radical (unpaired) electrons. The van der Waals surface area contributed by atoms with Gasteiger partial charge in [-0.3, -0.25) is 4.79 Å². The van der Waals surface area contributed by atoms with Crippen molar-refractivity contribution in [3.05, 3.63) is 69.3 Å². The molecule has 0 spiro atoms. The summed E-state index contributed by atoms with van der Waals surface area (Å²) < 4.78 is 1.12. The number of rotatable bonds is 3. The van der Waals surface area contributed by atoms with Gasteiger partial charge in [-0.15, -0.1) is 0 Å². The van der Waals surface area contributed by atoms with Crippen LogP contribution in [0, 0.1) is 9.49 Å². The van der Waals surface area contributed by atoms with Gasteiger partial charge in [-0.25, -0.2) is 0 Å². The molecule has 1 fully saturated rings. The Bertz CT molecular complexity index is 577. The second-order valence-corrected chi connectivity index (χ2v) is 5.98. The minimum Gasteiger partial charge on any atom is -0.294 e. The summed E-state index contributed by atoms with van der Waals surface area (Å²) >= 11 is 2.25. The van der Waals surface area contributed by atoms with Crippen LogP contribution in [0.15, 0.2) is 54.6 Å². The van der Waals surface area contributed by atoms with Gasteiger partial charge in [0.15, 0.2) is 5.78 Å². The Hall–Kier alpha value is -1.16. The number of halogens is 1. The molecule has 0 saturated heterocycles. The van der Waals surface area contributed by atoms with Crippen molar-refractivity contribution in [2.75, 3.05) is 0 Å². The maximum atomic E-state index is 12.3. The fourth-order valence-corrected chi connectivity index (χ4v) is 2.95. The molecule has 0 amide bonds. The van der Waals surface area contributed by atoms with Gasteiger partial charge in [0.05, 0.1) is 0 Å². The molecule has 2 atom stereocenters. The topological polar surface area (TPSA) is 17.1 Å². The van der Waals surface area contributed by atoms with Crippen LogP contribution in [0.1, 0.15) is 28.3 Å². The molecule has 1 nitrogen and oxygen atoms in total. The molecule has 0 aliphatic heterocycles. The van der Waals surface area contributed by atoms with Crippen LogP contribution in [0.25, 0.3) is 0 Å². The molecule has 3 rings (SSSR count). The highest BCUT2D eigenvalue weighted by Gasteiger charge is 2.43. The van der Waals surface area contributed by atoms with E-state index < -0.39 is 0 Å². The van der Waals surface area contributed by atoms with E-state index in [2.05, 4.69) is 34.7 Å². The van der Waals surface area contributed by atoms with Crippen LogP contribution in [-0.2, 0) is 0 Å². The van der Waals surface area contributed by atoms with E-state index in [1.807, 2.05) is 42.5 Å². The van der Waals surface area contributed by atoms with Gasteiger partial charge in [0.25, 0.3) is 0 Å². The minimum absolute atomic E-state index is 0.186. The zero-order chi connectivity index (χ0) is 12.5. The van der Waals surface area contributed by atoms with E-state index in [1.54, 1.807) is 0 Å². The van der Waals surface area contributed by atoms with Crippen molar-refractivity contribution in [3.63, 3.8) is 0 Å². The van der Waals surface area contributed by atoms with Gasteiger partial charge < -0.3 is 0 Å². The van der Waals surface area contributed by atoms with Gasteiger partial charge in [-0.1, -0.05) is 42.5 Å². The molecule has 1 aliphatic carbocycles. The fourth-order valence-electron chi connectivity index (χ4n) is 2.41. The normalized spacial score (nSPS) is 21.6. The molecule has 0 N–H and O–H groups in total. The van der Waals surface area contributed by atoms with Crippen molar-refractivity contribution in [1.82, 2.24) is 0 Å². The predicted octanol–water partition coefficient (Wildman–Crippen LogP) is 4.28. The third kappa shape index (κ3) is 2.34. The Balaban J connectivity index is 1.77. The number of ketones is 1. The van der Waals surface area contributed by atoms with E-state index in [4.69, 9.17) is 0 Å². The zero-order valence-corrected chi connectivity index (χ0v) is 12.0. The monoisotopic (exact) mass is 348 g/mol. The van der Waals surface area contributed by atoms with Crippen molar-refractivity contribution in [2.45, 2.75) is 12.3 Å². The van der Waals surface area contributed by atoms with Crippen LogP contribution in [-0.4, -0.2) is 5.78 Å². The molecular formula is C16H13IO. The molecule has 2 unspecified atom stereocenters. The Labute approximate surface area is 120 Å². The van der Waals surface area contributed by atoms with Crippen LogP contribution in [0.3, 0.4) is 0 Å². The summed E-state index contributed by atoms with van der Waals surface area (Å²) in [6, 6.07) is 18.2. The summed E-state index contributed by atoms with van der Waals surface area (Å²) in [5.74, 6) is 0.907. The molecular weight excluding hydrogens is 335 g/mol. The first kappa shape index (κ1) is 11.9. The lowest BCUT2D eigenvalue weighted by atomic mass is 10.0. The molecule has 0 aromatic heterocycles. The standard InChI is InChI=1S/C16H13IO/c17-13-8-4-7-12(9-13)16(18)15-10-14(15)11-5-2-1-3-6-11/h1-9,14-15H,10H2. The number of hydrogen-bond donors (Lipinski definition) is 0. The van der Waals surface area contributed by atoms with Crippen LogP contribution < -0.4 is 0 Å². The first-order valence-corrected chi connectivity index (χ1v) is 7.18. The van der Waals surface area contributed by atoms with Crippen molar-refractivity contribution in [2.24, 2.45) is 5.92 Å². The highest BCUT2D eigenvalue weighted by Crippen LogP contribution is 2.49. The molecule has 0 heterocycles. The highest BCUT2D eigenvalue weighted by molar-refractivity contribution is 14.1. The van der Waals surface area contributed by atoms with E-state index in [-0.39, 0.29) is 5.92 Å². The summed E-state index contributed by atoms with van der Waals surface area (Å²) in [5, 5.41) is 0. The van der Waals surface area contributed by atoms with Gasteiger partial charge in [0.1, 0.15) is 0 Å². The van der Waals surface area contributed by atoms with E-state index in [1.165, 1.54) is 5.56 Å².